The lowest BCUT2D eigenvalue weighted by Crippen LogP contribution is -2.33. The van der Waals surface area contributed by atoms with Crippen LogP contribution in [0.3, 0.4) is 0 Å². The Hall–Kier alpha value is -2.70. The Morgan fingerprint density at radius 2 is 1.92 bits per heavy atom. The third kappa shape index (κ3) is 4.09. The quantitative estimate of drug-likeness (QED) is 0.723. The summed E-state index contributed by atoms with van der Waals surface area (Å²) in [4.78, 5) is 33.6. The van der Waals surface area contributed by atoms with Crippen LogP contribution in [0.15, 0.2) is 53.3 Å². The molecule has 0 aliphatic heterocycles. The molecule has 2 aromatic carbocycles. The van der Waals surface area contributed by atoms with Crippen molar-refractivity contribution in [1.29, 1.82) is 0 Å². The van der Waals surface area contributed by atoms with Crippen molar-refractivity contribution in [3.63, 3.8) is 0 Å². The average molecular weight is 371 g/mol. The molecule has 26 heavy (non-hydrogen) atoms. The van der Waals surface area contributed by atoms with Crippen molar-refractivity contribution in [2.24, 2.45) is 0 Å². The van der Waals surface area contributed by atoms with E-state index in [9.17, 15) is 9.59 Å². The fraction of sp³-hybridized carbons (Fsp3) is 0.211. The fourth-order valence-electron chi connectivity index (χ4n) is 2.61. The van der Waals surface area contributed by atoms with Crippen LogP contribution < -0.4 is 10.9 Å². The van der Waals surface area contributed by atoms with Gasteiger partial charge in [-0.3, -0.25) is 14.5 Å². The third-order valence-corrected chi connectivity index (χ3v) is 4.46. The molecule has 2 N–H and O–H groups in total. The Kier molecular flexibility index (Phi) is 5.35. The fourth-order valence-corrected chi connectivity index (χ4v) is 2.73. The van der Waals surface area contributed by atoms with Crippen LogP contribution in [0.1, 0.15) is 18.8 Å². The molecule has 6 nitrogen and oxygen atoms in total. The van der Waals surface area contributed by atoms with E-state index >= 15 is 0 Å². The number of benzene rings is 2. The van der Waals surface area contributed by atoms with Gasteiger partial charge in [-0.15, -0.1) is 0 Å². The van der Waals surface area contributed by atoms with Crippen molar-refractivity contribution in [2.75, 3.05) is 18.9 Å². The summed E-state index contributed by atoms with van der Waals surface area (Å²) >= 11 is 5.84. The maximum atomic E-state index is 12.2. The number of hydrogen-bond donors (Lipinski definition) is 2. The average Bonchev–Trinajstić information content (AvgIpc) is 2.63. The Balaban J connectivity index is 1.71. The minimum absolute atomic E-state index is 0.153. The first kappa shape index (κ1) is 18.1. The van der Waals surface area contributed by atoms with E-state index in [2.05, 4.69) is 15.3 Å². The second-order valence-corrected chi connectivity index (χ2v) is 6.55. The Bertz CT molecular complexity index is 985. The van der Waals surface area contributed by atoms with Crippen LogP contribution in [0, 0.1) is 0 Å². The van der Waals surface area contributed by atoms with Gasteiger partial charge in [0.15, 0.2) is 0 Å². The van der Waals surface area contributed by atoms with Gasteiger partial charge < -0.3 is 10.3 Å². The monoisotopic (exact) mass is 370 g/mol. The molecule has 134 valence electrons. The van der Waals surface area contributed by atoms with Crippen molar-refractivity contribution in [3.8, 4) is 0 Å². The first-order valence-corrected chi connectivity index (χ1v) is 8.56. The van der Waals surface area contributed by atoms with Gasteiger partial charge in [0.1, 0.15) is 5.82 Å². The molecule has 0 fully saturated rings. The lowest BCUT2D eigenvalue weighted by atomic mass is 10.2. The molecular weight excluding hydrogens is 352 g/mol. The lowest BCUT2D eigenvalue weighted by molar-refractivity contribution is -0.117. The molecule has 0 radical (unpaired) electrons. The van der Waals surface area contributed by atoms with Gasteiger partial charge >= 0.3 is 0 Å². The normalized spacial score (nSPS) is 12.3. The summed E-state index contributed by atoms with van der Waals surface area (Å²) in [6, 6.07) is 13.9. The van der Waals surface area contributed by atoms with Gasteiger partial charge in [0.25, 0.3) is 5.56 Å². The van der Waals surface area contributed by atoms with Crippen LogP contribution in [0.5, 0.6) is 0 Å². The molecule has 0 bridgehead atoms. The van der Waals surface area contributed by atoms with E-state index in [1.54, 1.807) is 49.5 Å². The standard InChI is InChI=1S/C19H19ClN4O2/c1-12(18-22-16-6-4-3-5-15(16)19(26)23-18)24(2)11-17(25)21-14-9-7-13(20)8-10-14/h3-10,12H,11H2,1-2H3,(H,21,25)(H,22,23,26)/t12-/m0/s1. The van der Waals surface area contributed by atoms with E-state index in [1.807, 2.05) is 17.9 Å². The first-order valence-electron chi connectivity index (χ1n) is 8.18. The highest BCUT2D eigenvalue weighted by Gasteiger charge is 2.18. The van der Waals surface area contributed by atoms with Crippen LogP contribution in [0.4, 0.5) is 5.69 Å². The highest BCUT2D eigenvalue weighted by Crippen LogP contribution is 2.17. The summed E-state index contributed by atoms with van der Waals surface area (Å²) in [6.45, 7) is 2.04. The molecular formula is C19H19ClN4O2. The van der Waals surface area contributed by atoms with E-state index in [0.29, 0.717) is 27.4 Å². The van der Waals surface area contributed by atoms with Gasteiger partial charge in [-0.2, -0.15) is 0 Å². The molecule has 3 aromatic rings. The first-order chi connectivity index (χ1) is 12.4. The number of H-pyrrole nitrogens is 1. The number of carbonyl (C=O) groups excluding carboxylic acids is 1. The topological polar surface area (TPSA) is 78.1 Å². The Morgan fingerprint density at radius 1 is 1.23 bits per heavy atom. The van der Waals surface area contributed by atoms with E-state index in [-0.39, 0.29) is 24.1 Å². The number of nitrogens with one attached hydrogen (secondary N) is 2. The highest BCUT2D eigenvalue weighted by atomic mass is 35.5. The van der Waals surface area contributed by atoms with Crippen molar-refractivity contribution >= 4 is 34.1 Å². The van der Waals surface area contributed by atoms with Gasteiger partial charge in [0, 0.05) is 10.7 Å². The second-order valence-electron chi connectivity index (χ2n) is 6.11. The summed E-state index contributed by atoms with van der Waals surface area (Å²) < 4.78 is 0. The number of amides is 1. The minimum atomic E-state index is -0.233. The van der Waals surface area contributed by atoms with Crippen LogP contribution in [-0.4, -0.2) is 34.4 Å². The van der Waals surface area contributed by atoms with Crippen molar-refractivity contribution < 1.29 is 4.79 Å². The smallest absolute Gasteiger partial charge is 0.258 e. The van der Waals surface area contributed by atoms with Crippen LogP contribution >= 0.6 is 11.6 Å². The summed E-state index contributed by atoms with van der Waals surface area (Å²) in [6.07, 6.45) is 0. The van der Waals surface area contributed by atoms with Gasteiger partial charge in [0.2, 0.25) is 5.91 Å². The summed E-state index contributed by atoms with van der Waals surface area (Å²) in [7, 11) is 1.81. The van der Waals surface area contributed by atoms with Crippen molar-refractivity contribution in [3.05, 3.63) is 69.7 Å². The van der Waals surface area contributed by atoms with Gasteiger partial charge in [0.05, 0.1) is 23.5 Å². The summed E-state index contributed by atoms with van der Waals surface area (Å²) in [5, 5.41) is 3.97. The van der Waals surface area contributed by atoms with Gasteiger partial charge in [-0.05, 0) is 50.4 Å². The number of halogens is 1. The number of anilines is 1. The zero-order valence-electron chi connectivity index (χ0n) is 14.5. The summed E-state index contributed by atoms with van der Waals surface area (Å²) in [5.41, 5.74) is 1.13. The zero-order valence-corrected chi connectivity index (χ0v) is 15.2. The highest BCUT2D eigenvalue weighted by molar-refractivity contribution is 6.30. The SMILES string of the molecule is C[C@@H](c1nc2ccccc2c(=O)[nH]1)N(C)CC(=O)Nc1ccc(Cl)cc1. The molecule has 1 atom stereocenters. The number of fused-ring (bicyclic) bond motifs is 1. The summed E-state index contributed by atoms with van der Waals surface area (Å²) in [5.74, 6) is 0.361. The molecule has 0 unspecified atom stereocenters. The lowest BCUT2D eigenvalue weighted by Gasteiger charge is -2.23. The largest absolute Gasteiger partial charge is 0.325 e. The Labute approximate surface area is 155 Å². The number of aromatic amines is 1. The van der Waals surface area contributed by atoms with Gasteiger partial charge in [-0.25, -0.2) is 4.98 Å². The van der Waals surface area contributed by atoms with E-state index in [0.717, 1.165) is 0 Å². The number of carbonyl (C=O) groups is 1. The third-order valence-electron chi connectivity index (χ3n) is 4.21. The van der Waals surface area contributed by atoms with E-state index in [4.69, 9.17) is 11.6 Å². The molecule has 0 aliphatic carbocycles. The van der Waals surface area contributed by atoms with E-state index < -0.39 is 0 Å². The second kappa shape index (κ2) is 7.68. The molecule has 1 aromatic heterocycles. The van der Waals surface area contributed by atoms with E-state index in [1.165, 1.54) is 0 Å². The number of likely N-dealkylation sites (N-methyl/N-ethyl adjacent to an activating group) is 1. The van der Waals surface area contributed by atoms with Crippen LogP contribution in [0.25, 0.3) is 10.9 Å². The predicted octanol–water partition coefficient (Wildman–Crippen LogP) is 3.21. The molecule has 1 heterocycles. The maximum absolute atomic E-state index is 12.2. The minimum Gasteiger partial charge on any atom is -0.325 e. The maximum Gasteiger partial charge on any atom is 0.258 e. The number of nitrogens with zero attached hydrogens (tertiary/aromatic N) is 2. The predicted molar refractivity (Wildman–Crippen MR) is 103 cm³/mol. The van der Waals surface area contributed by atoms with Crippen molar-refractivity contribution in [2.45, 2.75) is 13.0 Å². The number of rotatable bonds is 5. The molecule has 0 saturated carbocycles. The number of hydrogen-bond acceptors (Lipinski definition) is 4. The molecule has 0 saturated heterocycles. The molecule has 3 rings (SSSR count). The van der Waals surface area contributed by atoms with Crippen LogP contribution in [0.2, 0.25) is 5.02 Å². The molecule has 1 amide bonds. The molecule has 0 aliphatic rings. The zero-order chi connectivity index (χ0) is 18.7. The van der Waals surface area contributed by atoms with Crippen LogP contribution in [-0.2, 0) is 4.79 Å². The number of para-hydroxylation sites is 1. The molecule has 0 spiro atoms. The van der Waals surface area contributed by atoms with Crippen molar-refractivity contribution in [1.82, 2.24) is 14.9 Å². The van der Waals surface area contributed by atoms with Gasteiger partial charge in [-0.1, -0.05) is 23.7 Å². The molecule has 7 heteroatoms. The number of aromatic nitrogens is 2. The Morgan fingerprint density at radius 3 is 2.65 bits per heavy atom.